The number of non-ortho nitro benzene ring substituents is 1. The Kier molecular flexibility index (Phi) is 6.86. The Labute approximate surface area is 161 Å². The molecule has 0 radical (unpaired) electrons. The molecule has 0 fully saturated rings. The number of nitrogens with zero attached hydrogens (tertiary/aromatic N) is 1. The molecule has 0 aliphatic carbocycles. The second-order valence-electron chi connectivity index (χ2n) is 5.90. The van der Waals surface area contributed by atoms with E-state index in [1.54, 1.807) is 6.08 Å². The smallest absolute Gasteiger partial charge is 0.331 e. The lowest BCUT2D eigenvalue weighted by Gasteiger charge is -2.14. The summed E-state index contributed by atoms with van der Waals surface area (Å²) in [6.07, 6.45) is 1.73. The first kappa shape index (κ1) is 20.6. The molecule has 0 heterocycles. The standard InChI is InChI=1S/C20H20N2O6/c1-13-6-4-5-7-15(13)8-11-19(23)28-14(2)20(24)21-17-12-16(22(25)26)9-10-18(17)27-3/h4-12,14H,1-3H3,(H,21,24)/b11-8+/t14-/m1/s1. The highest BCUT2D eigenvalue weighted by Gasteiger charge is 2.20. The van der Waals surface area contributed by atoms with Crippen LogP contribution in [0.3, 0.4) is 0 Å². The van der Waals surface area contributed by atoms with E-state index in [2.05, 4.69) is 5.32 Å². The fourth-order valence-corrected chi connectivity index (χ4v) is 2.34. The molecule has 1 atom stereocenters. The van der Waals surface area contributed by atoms with Gasteiger partial charge in [0.05, 0.1) is 17.7 Å². The molecule has 0 aromatic heterocycles. The molecule has 1 amide bonds. The number of aryl methyl sites for hydroxylation is 1. The van der Waals surface area contributed by atoms with Crippen LogP contribution in [-0.4, -0.2) is 30.0 Å². The molecule has 2 rings (SSSR count). The maximum Gasteiger partial charge on any atom is 0.331 e. The number of methoxy groups -OCH3 is 1. The van der Waals surface area contributed by atoms with E-state index < -0.39 is 22.9 Å². The Morgan fingerprint density at radius 3 is 2.57 bits per heavy atom. The van der Waals surface area contributed by atoms with Gasteiger partial charge in [0.1, 0.15) is 5.75 Å². The Bertz CT molecular complexity index is 923. The van der Waals surface area contributed by atoms with Gasteiger partial charge in [0.25, 0.3) is 11.6 Å². The van der Waals surface area contributed by atoms with E-state index in [1.807, 2.05) is 31.2 Å². The summed E-state index contributed by atoms with van der Waals surface area (Å²) in [6.45, 7) is 3.31. The van der Waals surface area contributed by atoms with Gasteiger partial charge in [0.15, 0.2) is 6.10 Å². The van der Waals surface area contributed by atoms with Gasteiger partial charge in [-0.3, -0.25) is 14.9 Å². The highest BCUT2D eigenvalue weighted by molar-refractivity contribution is 5.97. The summed E-state index contributed by atoms with van der Waals surface area (Å²) < 4.78 is 10.2. The lowest BCUT2D eigenvalue weighted by molar-refractivity contribution is -0.384. The van der Waals surface area contributed by atoms with Crippen molar-refractivity contribution in [1.29, 1.82) is 0 Å². The van der Waals surface area contributed by atoms with Crippen molar-refractivity contribution in [1.82, 2.24) is 0 Å². The number of amides is 1. The fourth-order valence-electron chi connectivity index (χ4n) is 2.34. The largest absolute Gasteiger partial charge is 0.495 e. The van der Waals surface area contributed by atoms with Crippen LogP contribution in [0.5, 0.6) is 5.75 Å². The van der Waals surface area contributed by atoms with Gasteiger partial charge in [0, 0.05) is 18.2 Å². The predicted octanol–water partition coefficient (Wildman–Crippen LogP) is 3.50. The first-order valence-electron chi connectivity index (χ1n) is 8.39. The van der Waals surface area contributed by atoms with Gasteiger partial charge < -0.3 is 14.8 Å². The molecule has 0 spiro atoms. The normalized spacial score (nSPS) is 11.7. The van der Waals surface area contributed by atoms with E-state index in [1.165, 1.54) is 38.3 Å². The molecule has 0 aliphatic heterocycles. The molecule has 0 saturated heterocycles. The van der Waals surface area contributed by atoms with Crippen LogP contribution in [0.15, 0.2) is 48.5 Å². The zero-order valence-corrected chi connectivity index (χ0v) is 15.7. The van der Waals surface area contributed by atoms with E-state index >= 15 is 0 Å². The third-order valence-electron chi connectivity index (χ3n) is 3.90. The van der Waals surface area contributed by atoms with Gasteiger partial charge in [-0.2, -0.15) is 0 Å². The average molecular weight is 384 g/mol. The second-order valence-corrected chi connectivity index (χ2v) is 5.90. The molecule has 2 aromatic rings. The molecule has 0 saturated carbocycles. The number of carbonyl (C=O) groups is 2. The number of ether oxygens (including phenoxy) is 2. The molecular formula is C20H20N2O6. The minimum atomic E-state index is -1.11. The first-order valence-corrected chi connectivity index (χ1v) is 8.39. The highest BCUT2D eigenvalue weighted by Crippen LogP contribution is 2.29. The molecule has 0 unspecified atom stereocenters. The summed E-state index contributed by atoms with van der Waals surface area (Å²) in [5.41, 5.74) is 1.76. The number of benzene rings is 2. The molecule has 28 heavy (non-hydrogen) atoms. The number of rotatable bonds is 7. The number of esters is 1. The zero-order valence-electron chi connectivity index (χ0n) is 15.7. The van der Waals surface area contributed by atoms with Crippen molar-refractivity contribution in [2.75, 3.05) is 12.4 Å². The molecule has 2 aromatic carbocycles. The van der Waals surface area contributed by atoms with Crippen LogP contribution in [0.4, 0.5) is 11.4 Å². The molecular weight excluding hydrogens is 364 g/mol. The lowest BCUT2D eigenvalue weighted by Crippen LogP contribution is -2.29. The SMILES string of the molecule is COc1ccc([N+](=O)[O-])cc1NC(=O)[C@@H](C)OC(=O)/C=C/c1ccccc1C. The van der Waals surface area contributed by atoms with E-state index in [9.17, 15) is 19.7 Å². The third kappa shape index (κ3) is 5.41. The number of hydrogen-bond donors (Lipinski definition) is 1. The van der Waals surface area contributed by atoms with Crippen molar-refractivity contribution in [2.24, 2.45) is 0 Å². The quantitative estimate of drug-likeness (QED) is 0.339. The minimum absolute atomic E-state index is 0.111. The minimum Gasteiger partial charge on any atom is -0.495 e. The van der Waals surface area contributed by atoms with Gasteiger partial charge in [-0.05, 0) is 37.1 Å². The van der Waals surface area contributed by atoms with Crippen LogP contribution in [0, 0.1) is 17.0 Å². The molecule has 8 nitrogen and oxygen atoms in total. The fraction of sp³-hybridized carbons (Fsp3) is 0.200. The summed E-state index contributed by atoms with van der Waals surface area (Å²) >= 11 is 0. The van der Waals surface area contributed by atoms with Crippen LogP contribution >= 0.6 is 0 Å². The van der Waals surface area contributed by atoms with Gasteiger partial charge in [-0.25, -0.2) is 4.79 Å². The number of carbonyl (C=O) groups excluding carboxylic acids is 2. The van der Waals surface area contributed by atoms with Crippen LogP contribution in [0.25, 0.3) is 6.08 Å². The van der Waals surface area contributed by atoms with Crippen LogP contribution in [-0.2, 0) is 14.3 Å². The Morgan fingerprint density at radius 1 is 1.21 bits per heavy atom. The van der Waals surface area contributed by atoms with Crippen molar-refractivity contribution >= 4 is 29.3 Å². The Morgan fingerprint density at radius 2 is 1.93 bits per heavy atom. The van der Waals surface area contributed by atoms with E-state index in [4.69, 9.17) is 9.47 Å². The van der Waals surface area contributed by atoms with Gasteiger partial charge in [-0.1, -0.05) is 24.3 Å². The number of nitro benzene ring substituents is 1. The number of anilines is 1. The summed E-state index contributed by atoms with van der Waals surface area (Å²) in [6, 6.07) is 11.3. The van der Waals surface area contributed by atoms with Crippen molar-refractivity contribution in [3.05, 3.63) is 69.8 Å². The molecule has 146 valence electrons. The van der Waals surface area contributed by atoms with Crippen molar-refractivity contribution in [3.63, 3.8) is 0 Å². The van der Waals surface area contributed by atoms with E-state index in [0.29, 0.717) is 0 Å². The monoisotopic (exact) mass is 384 g/mol. The van der Waals surface area contributed by atoms with Crippen LogP contribution < -0.4 is 10.1 Å². The van der Waals surface area contributed by atoms with Gasteiger partial charge in [0.2, 0.25) is 0 Å². The Hall–Kier alpha value is -3.68. The third-order valence-corrected chi connectivity index (χ3v) is 3.90. The maximum absolute atomic E-state index is 12.3. The van der Waals surface area contributed by atoms with Crippen molar-refractivity contribution in [2.45, 2.75) is 20.0 Å². The second kappa shape index (κ2) is 9.31. The van der Waals surface area contributed by atoms with Crippen molar-refractivity contribution in [3.8, 4) is 5.75 Å². The highest BCUT2D eigenvalue weighted by atomic mass is 16.6. The molecule has 1 N–H and O–H groups in total. The summed E-state index contributed by atoms with van der Waals surface area (Å²) in [5, 5.41) is 13.4. The lowest BCUT2D eigenvalue weighted by atomic mass is 10.1. The predicted molar refractivity (Wildman–Crippen MR) is 104 cm³/mol. The Balaban J connectivity index is 2.03. The van der Waals surface area contributed by atoms with Gasteiger partial charge in [-0.15, -0.1) is 0 Å². The summed E-state index contributed by atoms with van der Waals surface area (Å²) in [7, 11) is 1.37. The van der Waals surface area contributed by atoms with Gasteiger partial charge >= 0.3 is 5.97 Å². The molecule has 0 bridgehead atoms. The zero-order chi connectivity index (χ0) is 20.7. The van der Waals surface area contributed by atoms with Crippen LogP contribution in [0.1, 0.15) is 18.1 Å². The maximum atomic E-state index is 12.3. The number of hydrogen-bond acceptors (Lipinski definition) is 6. The van der Waals surface area contributed by atoms with E-state index in [-0.39, 0.29) is 17.1 Å². The topological polar surface area (TPSA) is 108 Å². The average Bonchev–Trinajstić information content (AvgIpc) is 2.67. The van der Waals surface area contributed by atoms with E-state index in [0.717, 1.165) is 11.1 Å². The number of nitrogens with one attached hydrogen (secondary N) is 1. The van der Waals surface area contributed by atoms with Crippen molar-refractivity contribution < 1.29 is 24.0 Å². The first-order chi connectivity index (χ1) is 13.3. The molecule has 8 heteroatoms. The number of nitro groups is 1. The molecule has 0 aliphatic rings. The summed E-state index contributed by atoms with van der Waals surface area (Å²) in [5.74, 6) is -1.08. The van der Waals surface area contributed by atoms with Crippen LogP contribution in [0.2, 0.25) is 0 Å². The summed E-state index contributed by atoms with van der Waals surface area (Å²) in [4.78, 5) is 34.6.